The van der Waals surface area contributed by atoms with Gasteiger partial charge in [-0.25, -0.2) is 0 Å². The number of nitrogens with one attached hydrogen (secondary N) is 3. The molecule has 8 nitrogen and oxygen atoms in total. The predicted molar refractivity (Wildman–Crippen MR) is 133 cm³/mol. The first kappa shape index (κ1) is 23.0. The van der Waals surface area contributed by atoms with Crippen LogP contribution >= 0.6 is 0 Å². The Bertz CT molecular complexity index is 1050. The minimum atomic E-state index is -0.103. The van der Waals surface area contributed by atoms with Crippen molar-refractivity contribution in [2.75, 3.05) is 43.4 Å². The fourth-order valence-corrected chi connectivity index (χ4v) is 4.00. The first-order chi connectivity index (χ1) is 15.9. The first-order valence-corrected chi connectivity index (χ1v) is 11.8. The summed E-state index contributed by atoms with van der Waals surface area (Å²) in [6.45, 7) is 6.94. The Kier molecular flexibility index (Phi) is 7.13. The van der Waals surface area contributed by atoms with E-state index in [9.17, 15) is 9.59 Å². The maximum Gasteiger partial charge on any atom is 0.271 e. The molecule has 0 spiro atoms. The SMILES string of the molecule is CNc1ccnc(-c2c[nH]c(=O)c(N(CC3CC3)C3CN(C(=O)C=CCNC(C)C)C3)c2)c1. The summed E-state index contributed by atoms with van der Waals surface area (Å²) in [7, 11) is 1.87. The average molecular weight is 451 g/mol. The van der Waals surface area contributed by atoms with Crippen molar-refractivity contribution in [2.24, 2.45) is 5.92 Å². The summed E-state index contributed by atoms with van der Waals surface area (Å²) >= 11 is 0. The molecule has 1 amide bonds. The van der Waals surface area contributed by atoms with E-state index in [-0.39, 0.29) is 17.5 Å². The molecule has 0 atom stereocenters. The molecule has 33 heavy (non-hydrogen) atoms. The second-order valence-electron chi connectivity index (χ2n) is 9.24. The molecule has 3 heterocycles. The number of likely N-dealkylation sites (tertiary alicyclic amines) is 1. The molecule has 3 N–H and O–H groups in total. The fourth-order valence-electron chi connectivity index (χ4n) is 4.00. The molecule has 0 aromatic carbocycles. The molecule has 0 bridgehead atoms. The van der Waals surface area contributed by atoms with Crippen molar-refractivity contribution < 1.29 is 4.79 Å². The molecule has 1 saturated carbocycles. The van der Waals surface area contributed by atoms with E-state index in [0.717, 1.165) is 23.5 Å². The molecule has 8 heteroatoms. The van der Waals surface area contributed by atoms with Crippen LogP contribution in [0.1, 0.15) is 26.7 Å². The molecule has 4 rings (SSSR count). The summed E-state index contributed by atoms with van der Waals surface area (Å²) in [6, 6.07) is 6.34. The maximum absolute atomic E-state index is 12.8. The van der Waals surface area contributed by atoms with Gasteiger partial charge in [0.15, 0.2) is 0 Å². The summed E-state index contributed by atoms with van der Waals surface area (Å²) in [4.78, 5) is 36.7. The summed E-state index contributed by atoms with van der Waals surface area (Å²) in [5.74, 6) is 0.643. The number of H-pyrrole nitrogens is 1. The van der Waals surface area contributed by atoms with Crippen LogP contribution in [0.4, 0.5) is 11.4 Å². The van der Waals surface area contributed by atoms with E-state index in [1.54, 1.807) is 18.5 Å². The van der Waals surface area contributed by atoms with Crippen LogP contribution in [0.5, 0.6) is 0 Å². The van der Waals surface area contributed by atoms with Crippen LogP contribution in [-0.2, 0) is 4.79 Å². The number of nitrogens with zero attached hydrogens (tertiary/aromatic N) is 3. The maximum atomic E-state index is 12.8. The molecular formula is C25H34N6O2. The zero-order valence-electron chi connectivity index (χ0n) is 19.7. The molecule has 2 aromatic rings. The monoisotopic (exact) mass is 450 g/mol. The molecule has 1 aliphatic heterocycles. The second-order valence-corrected chi connectivity index (χ2v) is 9.24. The van der Waals surface area contributed by atoms with Crippen LogP contribution in [0, 0.1) is 5.92 Å². The normalized spacial score (nSPS) is 16.3. The summed E-state index contributed by atoms with van der Waals surface area (Å²) < 4.78 is 0. The van der Waals surface area contributed by atoms with Gasteiger partial charge in [0.05, 0.1) is 11.7 Å². The molecule has 0 radical (unpaired) electrons. The van der Waals surface area contributed by atoms with Crippen LogP contribution in [0.2, 0.25) is 0 Å². The van der Waals surface area contributed by atoms with Gasteiger partial charge in [-0.1, -0.05) is 19.9 Å². The third kappa shape index (κ3) is 5.82. The third-order valence-corrected chi connectivity index (χ3v) is 6.21. The molecule has 1 saturated heterocycles. The molecule has 1 aliphatic carbocycles. The van der Waals surface area contributed by atoms with Crippen molar-refractivity contribution in [3.63, 3.8) is 0 Å². The molecule has 2 fully saturated rings. The highest BCUT2D eigenvalue weighted by Gasteiger charge is 2.37. The Morgan fingerprint density at radius 1 is 1.33 bits per heavy atom. The number of hydrogen-bond donors (Lipinski definition) is 3. The Hall–Kier alpha value is -3.13. The minimum absolute atomic E-state index is 0.0268. The van der Waals surface area contributed by atoms with Gasteiger partial charge in [0.2, 0.25) is 5.91 Å². The van der Waals surface area contributed by atoms with Crippen LogP contribution in [-0.4, -0.2) is 66.1 Å². The summed E-state index contributed by atoms with van der Waals surface area (Å²) in [5, 5.41) is 6.40. The van der Waals surface area contributed by atoms with Gasteiger partial charge >= 0.3 is 0 Å². The number of rotatable bonds is 10. The molecule has 0 unspecified atom stereocenters. The van der Waals surface area contributed by atoms with Gasteiger partial charge in [-0.2, -0.15) is 0 Å². The highest BCUT2D eigenvalue weighted by molar-refractivity contribution is 5.88. The third-order valence-electron chi connectivity index (χ3n) is 6.21. The van der Waals surface area contributed by atoms with Crippen molar-refractivity contribution in [1.82, 2.24) is 20.2 Å². The van der Waals surface area contributed by atoms with Crippen molar-refractivity contribution in [3.8, 4) is 11.3 Å². The van der Waals surface area contributed by atoms with Crippen LogP contribution in [0.15, 0.2) is 47.5 Å². The first-order valence-electron chi connectivity index (χ1n) is 11.8. The molecular weight excluding hydrogens is 416 g/mol. The van der Waals surface area contributed by atoms with Crippen molar-refractivity contribution >= 4 is 17.3 Å². The average Bonchev–Trinajstić information content (AvgIpc) is 3.59. The molecule has 2 aliphatic rings. The number of aromatic amines is 1. The number of amides is 1. The van der Waals surface area contributed by atoms with Crippen LogP contribution in [0.25, 0.3) is 11.3 Å². The minimum Gasteiger partial charge on any atom is -0.388 e. The van der Waals surface area contributed by atoms with E-state index in [1.165, 1.54) is 12.8 Å². The summed E-state index contributed by atoms with van der Waals surface area (Å²) in [6.07, 6.45) is 9.38. The van der Waals surface area contributed by atoms with E-state index in [1.807, 2.05) is 36.2 Å². The van der Waals surface area contributed by atoms with E-state index in [0.29, 0.717) is 37.3 Å². The van der Waals surface area contributed by atoms with Gasteiger partial charge in [0, 0.05) is 69.0 Å². The largest absolute Gasteiger partial charge is 0.388 e. The molecule has 176 valence electrons. The number of pyridine rings is 2. The lowest BCUT2D eigenvalue weighted by Gasteiger charge is -2.46. The predicted octanol–water partition coefficient (Wildman–Crippen LogP) is 2.46. The van der Waals surface area contributed by atoms with Gasteiger partial charge in [-0.05, 0) is 37.0 Å². The van der Waals surface area contributed by atoms with Gasteiger partial charge in [0.1, 0.15) is 5.69 Å². The quantitative estimate of drug-likeness (QED) is 0.482. The van der Waals surface area contributed by atoms with E-state index < -0.39 is 0 Å². The lowest BCUT2D eigenvalue weighted by atomic mass is 10.0. The standard InChI is InChI=1S/C25H34N6O2/c1-17(2)27-9-4-5-24(32)30-15-21(16-30)31(14-18-6-7-18)23-11-19(13-29-25(23)33)22-12-20(26-3)8-10-28-22/h4-5,8,10-13,17-18,21,27H,6-7,9,14-16H2,1-3H3,(H,26,28)(H,29,33). The van der Waals surface area contributed by atoms with Crippen molar-refractivity contribution in [2.45, 2.75) is 38.8 Å². The topological polar surface area (TPSA) is 93.4 Å². The Morgan fingerprint density at radius 2 is 2.12 bits per heavy atom. The van der Waals surface area contributed by atoms with Gasteiger partial charge in [-0.3, -0.25) is 14.6 Å². The lowest BCUT2D eigenvalue weighted by molar-refractivity contribution is -0.130. The number of anilines is 2. The number of hydrogen-bond acceptors (Lipinski definition) is 6. The van der Waals surface area contributed by atoms with Crippen molar-refractivity contribution in [1.29, 1.82) is 0 Å². The zero-order chi connectivity index (χ0) is 23.4. The van der Waals surface area contributed by atoms with Gasteiger partial charge in [-0.15, -0.1) is 0 Å². The fraction of sp³-hybridized carbons (Fsp3) is 0.480. The van der Waals surface area contributed by atoms with E-state index >= 15 is 0 Å². The Labute approximate surface area is 195 Å². The Balaban J connectivity index is 1.48. The number of aromatic nitrogens is 2. The summed E-state index contributed by atoms with van der Waals surface area (Å²) in [5.41, 5.74) is 3.19. The highest BCUT2D eigenvalue weighted by atomic mass is 16.2. The van der Waals surface area contributed by atoms with E-state index in [4.69, 9.17) is 0 Å². The van der Waals surface area contributed by atoms with E-state index in [2.05, 4.69) is 39.3 Å². The van der Waals surface area contributed by atoms with Crippen LogP contribution < -0.4 is 21.1 Å². The zero-order valence-corrected chi connectivity index (χ0v) is 19.7. The Morgan fingerprint density at radius 3 is 2.82 bits per heavy atom. The van der Waals surface area contributed by atoms with Gasteiger partial charge < -0.3 is 25.4 Å². The number of carbonyl (C=O) groups excluding carboxylic acids is 1. The van der Waals surface area contributed by atoms with Crippen LogP contribution in [0.3, 0.4) is 0 Å². The molecule has 2 aromatic heterocycles. The van der Waals surface area contributed by atoms with Gasteiger partial charge in [0.25, 0.3) is 5.56 Å². The smallest absolute Gasteiger partial charge is 0.271 e. The van der Waals surface area contributed by atoms with Crippen molar-refractivity contribution in [3.05, 3.63) is 53.1 Å². The highest BCUT2D eigenvalue weighted by Crippen LogP contribution is 2.34. The number of carbonyl (C=O) groups is 1. The second kappa shape index (κ2) is 10.2. The lowest BCUT2D eigenvalue weighted by Crippen LogP contribution is -2.62.